The summed E-state index contributed by atoms with van der Waals surface area (Å²) in [6.07, 6.45) is 0. The molecular formula is C63H39N3S. The smallest absolute Gasteiger partial charge is 0.164 e. The van der Waals surface area contributed by atoms with Crippen LogP contribution in [0.1, 0.15) is 0 Å². The van der Waals surface area contributed by atoms with Gasteiger partial charge in [-0.25, -0.2) is 15.0 Å². The van der Waals surface area contributed by atoms with Crippen molar-refractivity contribution in [2.24, 2.45) is 0 Å². The molecule has 0 aliphatic rings. The van der Waals surface area contributed by atoms with Crippen LogP contribution in [0.15, 0.2) is 237 Å². The molecule has 0 aliphatic carbocycles. The van der Waals surface area contributed by atoms with E-state index in [0.717, 1.165) is 61.2 Å². The third-order valence-electron chi connectivity index (χ3n) is 13.0. The van der Waals surface area contributed by atoms with Crippen molar-refractivity contribution in [1.29, 1.82) is 0 Å². The van der Waals surface area contributed by atoms with E-state index in [4.69, 9.17) is 15.0 Å². The molecule has 0 bridgehead atoms. The van der Waals surface area contributed by atoms with Gasteiger partial charge < -0.3 is 0 Å². The second kappa shape index (κ2) is 16.1. The van der Waals surface area contributed by atoms with Gasteiger partial charge in [-0.3, -0.25) is 0 Å². The van der Waals surface area contributed by atoms with E-state index in [1.165, 1.54) is 52.5 Å². The fourth-order valence-corrected chi connectivity index (χ4v) is 11.1. The quantitative estimate of drug-likeness (QED) is 0.150. The molecule has 2 heterocycles. The molecule has 0 amide bonds. The van der Waals surface area contributed by atoms with E-state index in [-0.39, 0.29) is 0 Å². The fourth-order valence-electron chi connectivity index (χ4n) is 9.82. The van der Waals surface area contributed by atoms with Crippen LogP contribution in [-0.4, -0.2) is 15.0 Å². The molecule has 0 fully saturated rings. The summed E-state index contributed by atoms with van der Waals surface area (Å²) >= 11 is 1.88. The second-order valence-electron chi connectivity index (χ2n) is 17.1. The zero-order valence-corrected chi connectivity index (χ0v) is 37.1. The van der Waals surface area contributed by atoms with Crippen LogP contribution in [0.25, 0.3) is 131 Å². The highest BCUT2D eigenvalue weighted by Crippen LogP contribution is 2.45. The zero-order valence-electron chi connectivity index (χ0n) is 36.3. The first-order chi connectivity index (χ1) is 33.2. The largest absolute Gasteiger partial charge is 0.208 e. The molecule has 0 spiro atoms. The minimum atomic E-state index is 0.608. The van der Waals surface area contributed by atoms with Crippen molar-refractivity contribution in [3.05, 3.63) is 237 Å². The first-order valence-corrected chi connectivity index (χ1v) is 23.5. The van der Waals surface area contributed by atoms with Gasteiger partial charge in [0.2, 0.25) is 0 Å². The fraction of sp³-hybridized carbons (Fsp3) is 0. The maximum atomic E-state index is 5.44. The number of fused-ring (bicyclic) bond motifs is 10. The van der Waals surface area contributed by atoms with Crippen molar-refractivity contribution in [3.63, 3.8) is 0 Å². The van der Waals surface area contributed by atoms with Crippen LogP contribution in [0.2, 0.25) is 0 Å². The third kappa shape index (κ3) is 6.94. The summed E-state index contributed by atoms with van der Waals surface area (Å²) in [4.78, 5) is 16.3. The van der Waals surface area contributed by atoms with E-state index in [0.29, 0.717) is 17.5 Å². The van der Waals surface area contributed by atoms with Gasteiger partial charge in [0.25, 0.3) is 0 Å². The van der Waals surface area contributed by atoms with Gasteiger partial charge in [-0.15, -0.1) is 11.3 Å². The van der Waals surface area contributed by atoms with Gasteiger partial charge in [-0.2, -0.15) is 0 Å². The first kappa shape index (κ1) is 38.9. The molecule has 0 aliphatic heterocycles. The number of aromatic nitrogens is 3. The third-order valence-corrected chi connectivity index (χ3v) is 14.3. The Labute approximate surface area is 392 Å². The van der Waals surface area contributed by atoms with Crippen LogP contribution in [0.5, 0.6) is 0 Å². The second-order valence-corrected chi connectivity index (χ2v) is 18.2. The van der Waals surface area contributed by atoms with Gasteiger partial charge >= 0.3 is 0 Å². The van der Waals surface area contributed by atoms with Crippen molar-refractivity contribution in [2.75, 3.05) is 0 Å². The molecular weight excluding hydrogens is 831 g/mol. The van der Waals surface area contributed by atoms with E-state index < -0.39 is 0 Å². The standard InChI is InChI=1S/C63H39N3S/c1-5-17-40(18-6-1)45-33-46(41-19-7-2-8-20-41)36-49(35-45)62-64-61(65-63(66-62)50-37-47(42-21-9-3-10-22-42)34-48(38-50)43-23-11-4-12-24-43)44-29-30-55-57(39-44)52-26-14-13-25-51(52)54-31-32-56-53-27-15-16-28-58(53)67-60(56)59(54)55/h1-39H. The predicted octanol–water partition coefficient (Wildman–Crippen LogP) is 17.4. The minimum Gasteiger partial charge on any atom is -0.208 e. The normalized spacial score (nSPS) is 11.6. The summed E-state index contributed by atoms with van der Waals surface area (Å²) < 4.78 is 2.61. The van der Waals surface area contributed by atoms with E-state index in [2.05, 4.69) is 237 Å². The summed E-state index contributed by atoms with van der Waals surface area (Å²) in [5.74, 6) is 1.83. The molecule has 13 aromatic rings. The molecule has 3 nitrogen and oxygen atoms in total. The van der Waals surface area contributed by atoms with Gasteiger partial charge in [0, 0.05) is 42.2 Å². The van der Waals surface area contributed by atoms with Crippen LogP contribution >= 0.6 is 11.3 Å². The Bertz CT molecular complexity index is 3750. The number of hydrogen-bond donors (Lipinski definition) is 0. The molecule has 11 aromatic carbocycles. The Balaban J connectivity index is 1.08. The SMILES string of the molecule is c1ccc(-c2cc(-c3ccccc3)cc(-c3nc(-c4cc(-c5ccccc5)cc(-c5ccccc5)c4)nc(-c4ccc5c(c4)c4ccccc4c4ccc6c7ccccc7sc6c45)n3)c2)cc1. The molecule has 312 valence electrons. The molecule has 0 saturated heterocycles. The molecule has 67 heavy (non-hydrogen) atoms. The lowest BCUT2D eigenvalue weighted by Crippen LogP contribution is -2.01. The van der Waals surface area contributed by atoms with E-state index in [1.54, 1.807) is 0 Å². The Kier molecular flexibility index (Phi) is 9.36. The first-order valence-electron chi connectivity index (χ1n) is 22.7. The topological polar surface area (TPSA) is 38.7 Å². The van der Waals surface area contributed by atoms with Crippen molar-refractivity contribution in [2.45, 2.75) is 0 Å². The summed E-state index contributed by atoms with van der Waals surface area (Å²) in [6.45, 7) is 0. The number of thiophene rings is 1. The van der Waals surface area contributed by atoms with Crippen LogP contribution in [0.3, 0.4) is 0 Å². The van der Waals surface area contributed by atoms with E-state index in [1.807, 2.05) is 11.3 Å². The summed E-state index contributed by atoms with van der Waals surface area (Å²) in [6, 6.07) is 84.6. The number of hydrogen-bond acceptors (Lipinski definition) is 4. The molecule has 4 heteroatoms. The summed E-state index contributed by atoms with van der Waals surface area (Å²) in [7, 11) is 0. The van der Waals surface area contributed by atoms with Crippen molar-refractivity contribution in [1.82, 2.24) is 15.0 Å². The molecule has 0 saturated carbocycles. The zero-order chi connectivity index (χ0) is 44.3. The molecule has 0 N–H and O–H groups in total. The number of nitrogens with zero attached hydrogens (tertiary/aromatic N) is 3. The average Bonchev–Trinajstić information content (AvgIpc) is 3.80. The van der Waals surface area contributed by atoms with Gasteiger partial charge in [-0.1, -0.05) is 188 Å². The maximum absolute atomic E-state index is 5.44. The highest BCUT2D eigenvalue weighted by atomic mass is 32.1. The van der Waals surface area contributed by atoms with Crippen molar-refractivity contribution < 1.29 is 0 Å². The highest BCUT2D eigenvalue weighted by Gasteiger charge is 2.20. The Morgan fingerprint density at radius 1 is 0.224 bits per heavy atom. The lowest BCUT2D eigenvalue weighted by molar-refractivity contribution is 1.07. The number of benzene rings is 11. The Morgan fingerprint density at radius 2 is 0.582 bits per heavy atom. The van der Waals surface area contributed by atoms with Gasteiger partial charge in [0.05, 0.1) is 0 Å². The Hall–Kier alpha value is -8.57. The lowest BCUT2D eigenvalue weighted by Gasteiger charge is -2.15. The van der Waals surface area contributed by atoms with Gasteiger partial charge in [-0.05, 0) is 120 Å². The summed E-state index contributed by atoms with van der Waals surface area (Å²) in [5, 5.41) is 9.96. The van der Waals surface area contributed by atoms with Gasteiger partial charge in [0.1, 0.15) is 0 Å². The predicted molar refractivity (Wildman–Crippen MR) is 283 cm³/mol. The van der Waals surface area contributed by atoms with E-state index in [9.17, 15) is 0 Å². The van der Waals surface area contributed by atoms with Gasteiger partial charge in [0.15, 0.2) is 17.5 Å². The van der Waals surface area contributed by atoms with Crippen LogP contribution in [0, 0.1) is 0 Å². The molecule has 13 rings (SSSR count). The van der Waals surface area contributed by atoms with Crippen LogP contribution < -0.4 is 0 Å². The van der Waals surface area contributed by atoms with E-state index >= 15 is 0 Å². The monoisotopic (exact) mass is 869 g/mol. The lowest BCUT2D eigenvalue weighted by atomic mass is 9.92. The van der Waals surface area contributed by atoms with Crippen LogP contribution in [0.4, 0.5) is 0 Å². The minimum absolute atomic E-state index is 0.608. The number of rotatable bonds is 7. The highest BCUT2D eigenvalue weighted by molar-refractivity contribution is 7.26. The molecule has 2 aromatic heterocycles. The molecule has 0 atom stereocenters. The van der Waals surface area contributed by atoms with Crippen LogP contribution in [-0.2, 0) is 0 Å². The molecule has 0 unspecified atom stereocenters. The average molecular weight is 870 g/mol. The van der Waals surface area contributed by atoms with Crippen molar-refractivity contribution >= 4 is 63.8 Å². The maximum Gasteiger partial charge on any atom is 0.164 e. The molecule has 0 radical (unpaired) electrons. The summed E-state index contributed by atoms with van der Waals surface area (Å²) in [5.41, 5.74) is 11.6. The van der Waals surface area contributed by atoms with Crippen molar-refractivity contribution in [3.8, 4) is 78.7 Å². The Morgan fingerprint density at radius 3 is 1.07 bits per heavy atom.